The zero-order valence-electron chi connectivity index (χ0n) is 21.3. The molecule has 1 fully saturated rings. The molecule has 4 aromatic rings. The van der Waals surface area contributed by atoms with Crippen LogP contribution >= 0.6 is 0 Å². The van der Waals surface area contributed by atoms with Crippen LogP contribution in [0.5, 0.6) is 0 Å². The van der Waals surface area contributed by atoms with Crippen LogP contribution in [0.1, 0.15) is 65.5 Å². The van der Waals surface area contributed by atoms with E-state index >= 15 is 0 Å². The maximum atomic E-state index is 3.42. The van der Waals surface area contributed by atoms with Gasteiger partial charge in [0.2, 0.25) is 0 Å². The van der Waals surface area contributed by atoms with Crippen LogP contribution in [0.25, 0.3) is 0 Å². The van der Waals surface area contributed by atoms with Crippen LogP contribution in [0.4, 0.5) is 0 Å². The SMILES string of the molecule is Cc1ccccc1C1(c2ccccc2C)CCCCC1.c1ccc(CNCc2ccccc2)cc1. The van der Waals surface area contributed by atoms with Crippen molar-refractivity contribution in [3.8, 4) is 0 Å². The average molecular weight is 462 g/mol. The van der Waals surface area contributed by atoms with Crippen molar-refractivity contribution in [2.75, 3.05) is 0 Å². The molecule has 0 aromatic heterocycles. The summed E-state index contributed by atoms with van der Waals surface area (Å²) in [6.45, 7) is 6.39. The van der Waals surface area contributed by atoms with Crippen molar-refractivity contribution >= 4 is 0 Å². The molecule has 0 saturated heterocycles. The minimum Gasteiger partial charge on any atom is -0.309 e. The quantitative estimate of drug-likeness (QED) is 0.303. The molecule has 1 heteroatoms. The number of nitrogens with one attached hydrogen (secondary N) is 1. The van der Waals surface area contributed by atoms with E-state index < -0.39 is 0 Å². The Morgan fingerprint density at radius 3 is 1.34 bits per heavy atom. The van der Waals surface area contributed by atoms with Gasteiger partial charge in [-0.05, 0) is 60.1 Å². The average Bonchev–Trinajstić information content (AvgIpc) is 2.91. The van der Waals surface area contributed by atoms with Gasteiger partial charge in [-0.1, -0.05) is 128 Å². The van der Waals surface area contributed by atoms with Crippen LogP contribution in [-0.4, -0.2) is 0 Å². The molecular weight excluding hydrogens is 422 g/mol. The maximum absolute atomic E-state index is 3.42. The van der Waals surface area contributed by atoms with Crippen LogP contribution in [0.3, 0.4) is 0 Å². The Morgan fingerprint density at radius 2 is 0.914 bits per heavy atom. The summed E-state index contributed by atoms with van der Waals surface area (Å²) >= 11 is 0. The highest BCUT2D eigenvalue weighted by atomic mass is 14.8. The number of hydrogen-bond acceptors (Lipinski definition) is 1. The fraction of sp³-hybridized carbons (Fsp3) is 0.294. The second-order valence-corrected chi connectivity index (χ2v) is 9.85. The summed E-state index contributed by atoms with van der Waals surface area (Å²) in [4.78, 5) is 0. The molecule has 0 unspecified atom stereocenters. The highest BCUT2D eigenvalue weighted by molar-refractivity contribution is 5.46. The molecule has 0 radical (unpaired) electrons. The largest absolute Gasteiger partial charge is 0.309 e. The van der Waals surface area contributed by atoms with Crippen molar-refractivity contribution in [2.24, 2.45) is 0 Å². The number of hydrogen-bond donors (Lipinski definition) is 1. The molecule has 0 spiro atoms. The number of aryl methyl sites for hydroxylation is 2. The predicted molar refractivity (Wildman–Crippen MR) is 150 cm³/mol. The van der Waals surface area contributed by atoms with Crippen LogP contribution in [-0.2, 0) is 18.5 Å². The van der Waals surface area contributed by atoms with Crippen molar-refractivity contribution in [2.45, 2.75) is 64.5 Å². The summed E-state index contributed by atoms with van der Waals surface area (Å²) in [5.74, 6) is 0. The molecule has 4 aromatic carbocycles. The maximum Gasteiger partial charge on any atom is 0.0208 e. The molecule has 0 heterocycles. The third-order valence-corrected chi connectivity index (χ3v) is 7.37. The second kappa shape index (κ2) is 12.5. The van der Waals surface area contributed by atoms with E-state index in [1.807, 2.05) is 12.1 Å². The van der Waals surface area contributed by atoms with Gasteiger partial charge in [0.1, 0.15) is 0 Å². The minimum absolute atomic E-state index is 0.245. The predicted octanol–water partition coefficient (Wildman–Crippen LogP) is 8.53. The fourth-order valence-corrected chi connectivity index (χ4v) is 5.60. The monoisotopic (exact) mass is 461 g/mol. The van der Waals surface area contributed by atoms with E-state index in [0.29, 0.717) is 0 Å². The van der Waals surface area contributed by atoms with Gasteiger partial charge in [0.15, 0.2) is 0 Å². The Hall–Kier alpha value is -3.16. The molecule has 0 amide bonds. The highest BCUT2D eigenvalue weighted by Crippen LogP contribution is 2.46. The van der Waals surface area contributed by atoms with E-state index in [9.17, 15) is 0 Å². The van der Waals surface area contributed by atoms with E-state index in [0.717, 1.165) is 13.1 Å². The number of rotatable bonds is 6. The lowest BCUT2D eigenvalue weighted by Gasteiger charge is -2.40. The summed E-state index contributed by atoms with van der Waals surface area (Å²) in [5, 5.41) is 3.42. The Balaban J connectivity index is 0.000000172. The molecular formula is C34H39N. The van der Waals surface area contributed by atoms with E-state index in [1.165, 1.54) is 54.4 Å². The van der Waals surface area contributed by atoms with Gasteiger partial charge in [-0.15, -0.1) is 0 Å². The molecule has 5 rings (SSSR count). The van der Waals surface area contributed by atoms with E-state index in [2.05, 4.69) is 116 Å². The summed E-state index contributed by atoms with van der Waals surface area (Å²) in [7, 11) is 0. The number of benzene rings is 4. The molecule has 180 valence electrons. The first-order valence-corrected chi connectivity index (χ1v) is 13.1. The van der Waals surface area contributed by atoms with Crippen LogP contribution in [0, 0.1) is 13.8 Å². The van der Waals surface area contributed by atoms with Gasteiger partial charge in [0.25, 0.3) is 0 Å². The van der Waals surface area contributed by atoms with Crippen LogP contribution in [0.2, 0.25) is 0 Å². The molecule has 1 N–H and O–H groups in total. The van der Waals surface area contributed by atoms with Crippen molar-refractivity contribution in [3.63, 3.8) is 0 Å². The topological polar surface area (TPSA) is 12.0 Å². The van der Waals surface area contributed by atoms with Crippen LogP contribution < -0.4 is 5.32 Å². The lowest BCUT2D eigenvalue weighted by molar-refractivity contribution is 0.343. The molecule has 35 heavy (non-hydrogen) atoms. The smallest absolute Gasteiger partial charge is 0.0208 e. The zero-order chi connectivity index (χ0) is 24.3. The van der Waals surface area contributed by atoms with Gasteiger partial charge < -0.3 is 5.32 Å². The lowest BCUT2D eigenvalue weighted by atomic mass is 9.63. The van der Waals surface area contributed by atoms with Gasteiger partial charge in [-0.2, -0.15) is 0 Å². The first-order valence-electron chi connectivity index (χ1n) is 13.1. The van der Waals surface area contributed by atoms with E-state index in [4.69, 9.17) is 0 Å². The zero-order valence-corrected chi connectivity index (χ0v) is 21.3. The minimum atomic E-state index is 0.245. The van der Waals surface area contributed by atoms with Crippen molar-refractivity contribution in [1.29, 1.82) is 0 Å². The van der Waals surface area contributed by atoms with Gasteiger partial charge in [-0.25, -0.2) is 0 Å². The van der Waals surface area contributed by atoms with Crippen molar-refractivity contribution < 1.29 is 0 Å². The van der Waals surface area contributed by atoms with Crippen molar-refractivity contribution in [1.82, 2.24) is 5.32 Å². The summed E-state index contributed by atoms with van der Waals surface area (Å²) < 4.78 is 0. The van der Waals surface area contributed by atoms with Gasteiger partial charge in [-0.3, -0.25) is 0 Å². The first-order chi connectivity index (χ1) is 17.2. The Labute approximate surface area is 212 Å². The molecule has 1 aliphatic carbocycles. The summed E-state index contributed by atoms with van der Waals surface area (Å²) in [6, 6.07) is 38.9. The summed E-state index contributed by atoms with van der Waals surface area (Å²) in [5.41, 5.74) is 8.88. The van der Waals surface area contributed by atoms with E-state index in [-0.39, 0.29) is 5.41 Å². The third-order valence-electron chi connectivity index (χ3n) is 7.37. The summed E-state index contributed by atoms with van der Waals surface area (Å²) in [6.07, 6.45) is 6.68. The molecule has 0 aliphatic heterocycles. The Kier molecular flexibility index (Phi) is 8.92. The third kappa shape index (κ3) is 6.50. The van der Waals surface area contributed by atoms with Crippen LogP contribution in [0.15, 0.2) is 109 Å². The molecule has 1 aliphatic rings. The first kappa shape index (κ1) is 24.9. The standard InChI is InChI=1S/C20H24.C14H15N/c1-16-10-4-6-12-18(16)20(14-8-3-9-15-20)19-13-7-5-11-17(19)2;1-3-7-13(8-4-1)11-15-12-14-9-5-2-6-10-14/h4-7,10-13H,3,8-9,14-15H2,1-2H3;1-10,15H,11-12H2. The van der Waals surface area contributed by atoms with Crippen molar-refractivity contribution in [3.05, 3.63) is 143 Å². The van der Waals surface area contributed by atoms with Gasteiger partial charge >= 0.3 is 0 Å². The van der Waals surface area contributed by atoms with E-state index in [1.54, 1.807) is 11.1 Å². The highest BCUT2D eigenvalue weighted by Gasteiger charge is 2.37. The van der Waals surface area contributed by atoms with Gasteiger partial charge in [0.05, 0.1) is 0 Å². The molecule has 1 nitrogen and oxygen atoms in total. The Bertz CT molecular complexity index is 1070. The van der Waals surface area contributed by atoms with Gasteiger partial charge in [0, 0.05) is 18.5 Å². The normalized spacial score (nSPS) is 14.6. The lowest BCUT2D eigenvalue weighted by Crippen LogP contribution is -2.32. The Morgan fingerprint density at radius 1 is 0.514 bits per heavy atom. The molecule has 0 atom stereocenters. The fourth-order valence-electron chi connectivity index (χ4n) is 5.60. The second-order valence-electron chi connectivity index (χ2n) is 9.85. The molecule has 1 saturated carbocycles. The molecule has 0 bridgehead atoms.